The van der Waals surface area contributed by atoms with Gasteiger partial charge in [-0.25, -0.2) is 8.78 Å². The van der Waals surface area contributed by atoms with Crippen LogP contribution in [0.15, 0.2) is 65.3 Å². The number of benzene rings is 2. The van der Waals surface area contributed by atoms with Gasteiger partial charge < -0.3 is 14.6 Å². The summed E-state index contributed by atoms with van der Waals surface area (Å²) >= 11 is 0. The lowest BCUT2D eigenvalue weighted by Gasteiger charge is -2.19. The van der Waals surface area contributed by atoms with Crippen LogP contribution < -0.4 is 10.2 Å². The number of carbonyl (C=O) groups is 1. The van der Waals surface area contributed by atoms with Gasteiger partial charge in [0.15, 0.2) is 17.4 Å². The van der Waals surface area contributed by atoms with E-state index >= 15 is 0 Å². The van der Waals surface area contributed by atoms with Gasteiger partial charge in [-0.05, 0) is 36.1 Å². The Hall–Kier alpha value is -3.15. The van der Waals surface area contributed by atoms with Gasteiger partial charge in [0.05, 0.1) is 6.26 Å². The van der Waals surface area contributed by atoms with Crippen molar-refractivity contribution in [2.45, 2.75) is 6.42 Å². The van der Waals surface area contributed by atoms with Crippen LogP contribution in [0.4, 0.5) is 14.5 Å². The van der Waals surface area contributed by atoms with Crippen LogP contribution in [0, 0.1) is 17.6 Å². The Morgan fingerprint density at radius 3 is 2.71 bits per heavy atom. The second kappa shape index (κ2) is 7.84. The molecule has 6 heteroatoms. The number of rotatable bonds is 5. The minimum Gasteiger partial charge on any atom is -0.459 e. The average molecular weight is 382 g/mol. The van der Waals surface area contributed by atoms with Crippen LogP contribution in [-0.4, -0.2) is 25.5 Å². The number of nitrogens with zero attached hydrogens (tertiary/aromatic N) is 1. The number of hydrogen-bond acceptors (Lipinski definition) is 3. The third-order valence-electron chi connectivity index (χ3n) is 5.06. The molecule has 4 rings (SSSR count). The normalized spacial score (nSPS) is 16.4. The fourth-order valence-electron chi connectivity index (χ4n) is 3.56. The smallest absolute Gasteiger partial charge is 0.287 e. The molecule has 0 bridgehead atoms. The number of hydrogen-bond donors (Lipinski definition) is 1. The average Bonchev–Trinajstić information content (AvgIpc) is 3.39. The minimum absolute atomic E-state index is 0.229. The lowest BCUT2D eigenvalue weighted by Crippen LogP contribution is -2.31. The van der Waals surface area contributed by atoms with Gasteiger partial charge in [0.25, 0.3) is 5.91 Å². The number of furan rings is 1. The molecule has 1 saturated heterocycles. The third-order valence-corrected chi connectivity index (χ3v) is 5.06. The molecule has 0 saturated carbocycles. The highest BCUT2D eigenvalue weighted by Crippen LogP contribution is 2.26. The maximum Gasteiger partial charge on any atom is 0.287 e. The van der Waals surface area contributed by atoms with Gasteiger partial charge in [0, 0.05) is 37.0 Å². The van der Waals surface area contributed by atoms with Crippen molar-refractivity contribution in [2.24, 2.45) is 5.92 Å². The summed E-state index contributed by atoms with van der Waals surface area (Å²) in [5.74, 6) is -1.43. The molecule has 3 aromatic rings. The molecule has 28 heavy (non-hydrogen) atoms. The molecule has 1 aliphatic heterocycles. The number of amides is 1. The van der Waals surface area contributed by atoms with Crippen LogP contribution in [0.5, 0.6) is 0 Å². The molecular weight excluding hydrogens is 362 g/mol. The first-order valence-corrected chi connectivity index (χ1v) is 9.23. The molecule has 4 nitrogen and oxygen atoms in total. The van der Waals surface area contributed by atoms with Crippen LogP contribution >= 0.6 is 0 Å². The first-order chi connectivity index (χ1) is 13.6. The van der Waals surface area contributed by atoms with E-state index in [0.717, 1.165) is 30.2 Å². The Bertz CT molecular complexity index is 972. The maximum atomic E-state index is 13.4. The molecule has 1 amide bonds. The zero-order chi connectivity index (χ0) is 19.5. The van der Waals surface area contributed by atoms with Gasteiger partial charge in [0.2, 0.25) is 0 Å². The van der Waals surface area contributed by atoms with E-state index in [2.05, 4.69) is 5.32 Å². The predicted octanol–water partition coefficient (Wildman–Crippen LogP) is 4.48. The summed E-state index contributed by atoms with van der Waals surface area (Å²) in [7, 11) is 0. The second-order valence-corrected chi connectivity index (χ2v) is 6.94. The van der Waals surface area contributed by atoms with Crippen LogP contribution in [0.1, 0.15) is 17.0 Å². The molecule has 2 aromatic carbocycles. The van der Waals surface area contributed by atoms with Crippen LogP contribution in [0.3, 0.4) is 0 Å². The van der Waals surface area contributed by atoms with Gasteiger partial charge in [-0.1, -0.05) is 30.3 Å². The molecule has 2 heterocycles. The zero-order valence-electron chi connectivity index (χ0n) is 15.2. The third kappa shape index (κ3) is 3.76. The molecule has 0 spiro atoms. The Labute approximate surface area is 161 Å². The van der Waals surface area contributed by atoms with Crippen molar-refractivity contribution in [1.29, 1.82) is 0 Å². The van der Waals surface area contributed by atoms with Crippen molar-refractivity contribution in [3.63, 3.8) is 0 Å². The van der Waals surface area contributed by atoms with E-state index in [4.69, 9.17) is 4.42 Å². The van der Waals surface area contributed by atoms with E-state index in [1.807, 2.05) is 35.2 Å². The molecule has 1 aliphatic rings. The van der Waals surface area contributed by atoms with Crippen LogP contribution in [0.25, 0.3) is 11.1 Å². The first-order valence-electron chi connectivity index (χ1n) is 9.23. The van der Waals surface area contributed by atoms with E-state index in [1.54, 1.807) is 12.1 Å². The molecule has 1 N–H and O–H groups in total. The maximum absolute atomic E-state index is 13.4. The van der Waals surface area contributed by atoms with Crippen LogP contribution in [0.2, 0.25) is 0 Å². The lowest BCUT2D eigenvalue weighted by molar-refractivity contribution is 0.0921. The summed E-state index contributed by atoms with van der Waals surface area (Å²) in [6.45, 7) is 1.91. The monoisotopic (exact) mass is 382 g/mol. The standard InChI is InChI=1S/C22H20F2N2O2/c23-19-7-6-17(12-20(19)24)26-10-8-15(14-26)13-25-22(27)21-18(9-11-28-21)16-4-2-1-3-5-16/h1-7,9,11-12,15H,8,10,13-14H2,(H,25,27). The van der Waals surface area contributed by atoms with Crippen molar-refractivity contribution < 1.29 is 18.0 Å². The number of nitrogens with one attached hydrogen (secondary N) is 1. The molecule has 1 fully saturated rings. The van der Waals surface area contributed by atoms with Gasteiger partial charge in [-0.3, -0.25) is 4.79 Å². The van der Waals surface area contributed by atoms with Crippen molar-refractivity contribution in [1.82, 2.24) is 5.32 Å². The highest BCUT2D eigenvalue weighted by molar-refractivity contribution is 5.98. The first kappa shape index (κ1) is 18.2. The van der Waals surface area contributed by atoms with E-state index in [1.165, 1.54) is 12.3 Å². The SMILES string of the molecule is O=C(NCC1CCN(c2ccc(F)c(F)c2)C1)c1occc1-c1ccccc1. The van der Waals surface area contributed by atoms with E-state index in [0.29, 0.717) is 24.5 Å². The predicted molar refractivity (Wildman–Crippen MR) is 103 cm³/mol. The molecule has 0 radical (unpaired) electrons. The van der Waals surface area contributed by atoms with Crippen molar-refractivity contribution >= 4 is 11.6 Å². The number of anilines is 1. The Morgan fingerprint density at radius 2 is 1.93 bits per heavy atom. The molecular formula is C22H20F2N2O2. The molecule has 1 aromatic heterocycles. The van der Waals surface area contributed by atoms with E-state index in [9.17, 15) is 13.6 Å². The lowest BCUT2D eigenvalue weighted by atomic mass is 10.1. The second-order valence-electron chi connectivity index (χ2n) is 6.94. The number of carbonyl (C=O) groups excluding carboxylic acids is 1. The summed E-state index contributed by atoms with van der Waals surface area (Å²) in [5, 5.41) is 2.94. The van der Waals surface area contributed by atoms with Crippen molar-refractivity contribution in [3.05, 3.63) is 78.3 Å². The highest BCUT2D eigenvalue weighted by Gasteiger charge is 2.25. The van der Waals surface area contributed by atoms with Gasteiger partial charge in [-0.15, -0.1) is 0 Å². The fourth-order valence-corrected chi connectivity index (χ4v) is 3.56. The summed E-state index contributed by atoms with van der Waals surface area (Å²) < 4.78 is 32.0. The van der Waals surface area contributed by atoms with Gasteiger partial charge >= 0.3 is 0 Å². The van der Waals surface area contributed by atoms with E-state index < -0.39 is 11.6 Å². The Kier molecular flexibility index (Phi) is 5.10. The van der Waals surface area contributed by atoms with Crippen molar-refractivity contribution in [2.75, 3.05) is 24.5 Å². The Morgan fingerprint density at radius 1 is 1.11 bits per heavy atom. The summed E-state index contributed by atoms with van der Waals surface area (Å²) in [5.41, 5.74) is 2.34. The van der Waals surface area contributed by atoms with Crippen molar-refractivity contribution in [3.8, 4) is 11.1 Å². The zero-order valence-corrected chi connectivity index (χ0v) is 15.2. The summed E-state index contributed by atoms with van der Waals surface area (Å²) in [6.07, 6.45) is 2.38. The molecule has 144 valence electrons. The number of halogens is 2. The van der Waals surface area contributed by atoms with E-state index in [-0.39, 0.29) is 11.8 Å². The van der Waals surface area contributed by atoms with Gasteiger partial charge in [-0.2, -0.15) is 0 Å². The summed E-state index contributed by atoms with van der Waals surface area (Å²) in [6, 6.07) is 15.3. The summed E-state index contributed by atoms with van der Waals surface area (Å²) in [4.78, 5) is 14.6. The molecule has 1 unspecified atom stereocenters. The van der Waals surface area contributed by atoms with Gasteiger partial charge in [0.1, 0.15) is 0 Å². The molecule has 0 aliphatic carbocycles. The Balaban J connectivity index is 1.36. The quantitative estimate of drug-likeness (QED) is 0.708. The topological polar surface area (TPSA) is 45.5 Å². The minimum atomic E-state index is -0.848. The highest BCUT2D eigenvalue weighted by atomic mass is 19.2. The largest absolute Gasteiger partial charge is 0.459 e. The van der Waals surface area contributed by atoms with Crippen LogP contribution in [-0.2, 0) is 0 Å². The molecule has 1 atom stereocenters. The fraction of sp³-hybridized carbons (Fsp3) is 0.227.